The molecule has 0 unspecified atom stereocenters. The van der Waals surface area contributed by atoms with Gasteiger partial charge in [0.25, 0.3) is 0 Å². The first-order valence-electron chi connectivity index (χ1n) is 6.14. The number of pyridine rings is 1. The molecule has 0 aromatic carbocycles. The van der Waals surface area contributed by atoms with Crippen LogP contribution in [0.25, 0.3) is 0 Å². The summed E-state index contributed by atoms with van der Waals surface area (Å²) in [5.74, 6) is -0.917. The zero-order valence-electron chi connectivity index (χ0n) is 11.3. The highest BCUT2D eigenvalue weighted by atomic mass is 31.2. The molecule has 0 fully saturated rings. The molecular formula is C12H17N2O5P. The number of amides is 2. The Morgan fingerprint density at radius 1 is 1.25 bits per heavy atom. The lowest BCUT2D eigenvalue weighted by atomic mass is 10.2. The fourth-order valence-corrected chi connectivity index (χ4v) is 2.36. The van der Waals surface area contributed by atoms with Crippen molar-refractivity contribution in [2.45, 2.75) is 32.9 Å². The quantitative estimate of drug-likeness (QED) is 0.797. The Kier molecular flexibility index (Phi) is 5.56. The van der Waals surface area contributed by atoms with E-state index >= 15 is 0 Å². The predicted octanol–water partition coefficient (Wildman–Crippen LogP) is 1.44. The maximum absolute atomic E-state index is 11.9. The first-order chi connectivity index (χ1) is 9.30. The van der Waals surface area contributed by atoms with Crippen molar-refractivity contribution in [2.24, 2.45) is 0 Å². The van der Waals surface area contributed by atoms with Gasteiger partial charge in [0.1, 0.15) is 5.82 Å². The molecule has 0 radical (unpaired) electrons. The summed E-state index contributed by atoms with van der Waals surface area (Å²) >= 11 is 0. The van der Waals surface area contributed by atoms with Gasteiger partial charge in [0.05, 0.1) is 6.16 Å². The van der Waals surface area contributed by atoms with E-state index in [-0.39, 0.29) is 24.2 Å². The van der Waals surface area contributed by atoms with Crippen molar-refractivity contribution in [3.05, 3.63) is 23.9 Å². The Morgan fingerprint density at radius 3 is 2.25 bits per heavy atom. The molecule has 2 amide bonds. The van der Waals surface area contributed by atoms with Gasteiger partial charge in [-0.25, -0.2) is 9.88 Å². The van der Waals surface area contributed by atoms with Crippen LogP contribution in [-0.4, -0.2) is 26.6 Å². The summed E-state index contributed by atoms with van der Waals surface area (Å²) in [7, 11) is -4.32. The maximum atomic E-state index is 11.9. The third kappa shape index (κ3) is 4.23. The standard InChI is InChI=1S/C12H17N2O5P/c1-3-10(15)14(11(16)4-2)12-9(6-5-7-13-12)8-20(17,18)19/h5-7H,3-4,8H2,1-2H3,(H2,17,18,19). The number of nitrogens with zero attached hydrogens (tertiary/aromatic N) is 2. The van der Waals surface area contributed by atoms with Crippen LogP contribution in [-0.2, 0) is 20.3 Å². The van der Waals surface area contributed by atoms with Gasteiger partial charge in [0.2, 0.25) is 11.8 Å². The van der Waals surface area contributed by atoms with Crippen LogP contribution >= 0.6 is 7.60 Å². The van der Waals surface area contributed by atoms with Gasteiger partial charge in [-0.2, -0.15) is 0 Å². The van der Waals surface area contributed by atoms with Crippen LogP contribution in [0.3, 0.4) is 0 Å². The van der Waals surface area contributed by atoms with E-state index in [1.54, 1.807) is 13.8 Å². The molecule has 110 valence electrons. The van der Waals surface area contributed by atoms with Crippen LogP contribution in [0.2, 0.25) is 0 Å². The van der Waals surface area contributed by atoms with Gasteiger partial charge in [-0.15, -0.1) is 0 Å². The van der Waals surface area contributed by atoms with Crippen molar-refractivity contribution in [1.82, 2.24) is 4.98 Å². The second-order valence-corrected chi connectivity index (χ2v) is 5.78. The molecule has 8 heteroatoms. The molecule has 2 N–H and O–H groups in total. The van der Waals surface area contributed by atoms with Crippen LogP contribution in [0.1, 0.15) is 32.3 Å². The number of rotatable bonds is 5. The van der Waals surface area contributed by atoms with Gasteiger partial charge >= 0.3 is 7.60 Å². The van der Waals surface area contributed by atoms with E-state index in [1.165, 1.54) is 18.3 Å². The lowest BCUT2D eigenvalue weighted by Crippen LogP contribution is -2.37. The van der Waals surface area contributed by atoms with E-state index in [0.717, 1.165) is 4.90 Å². The third-order valence-corrected chi connectivity index (χ3v) is 3.31. The Labute approximate surface area is 116 Å². The van der Waals surface area contributed by atoms with Gasteiger partial charge in [-0.3, -0.25) is 14.2 Å². The Balaban J connectivity index is 3.30. The number of carbonyl (C=O) groups is 2. The average Bonchev–Trinajstić information content (AvgIpc) is 2.38. The molecule has 0 bridgehead atoms. The minimum atomic E-state index is -4.32. The Hall–Kier alpha value is -1.56. The third-order valence-electron chi connectivity index (χ3n) is 2.56. The molecule has 1 aromatic rings. The zero-order chi connectivity index (χ0) is 15.3. The summed E-state index contributed by atoms with van der Waals surface area (Å²) in [6.45, 7) is 3.20. The van der Waals surface area contributed by atoms with Gasteiger partial charge in [0.15, 0.2) is 0 Å². The molecule has 20 heavy (non-hydrogen) atoms. The minimum absolute atomic E-state index is 0.00507. The maximum Gasteiger partial charge on any atom is 0.330 e. The molecule has 0 saturated heterocycles. The normalized spacial score (nSPS) is 11.2. The summed E-state index contributed by atoms with van der Waals surface area (Å²) < 4.78 is 11.1. The van der Waals surface area contributed by atoms with E-state index in [2.05, 4.69) is 4.98 Å². The fraction of sp³-hybridized carbons (Fsp3) is 0.417. The van der Waals surface area contributed by atoms with Crippen LogP contribution in [0.15, 0.2) is 18.3 Å². The fourth-order valence-electron chi connectivity index (χ4n) is 1.67. The first-order valence-corrected chi connectivity index (χ1v) is 7.94. The highest BCUT2D eigenvalue weighted by Crippen LogP contribution is 2.41. The predicted molar refractivity (Wildman–Crippen MR) is 73.1 cm³/mol. The van der Waals surface area contributed by atoms with E-state index in [1.807, 2.05) is 0 Å². The van der Waals surface area contributed by atoms with Crippen LogP contribution in [0.4, 0.5) is 5.82 Å². The smallest absolute Gasteiger partial charge is 0.324 e. The van der Waals surface area contributed by atoms with Crippen LogP contribution in [0.5, 0.6) is 0 Å². The zero-order valence-corrected chi connectivity index (χ0v) is 12.2. The number of aromatic nitrogens is 1. The largest absolute Gasteiger partial charge is 0.330 e. The molecule has 0 atom stereocenters. The van der Waals surface area contributed by atoms with E-state index < -0.39 is 25.6 Å². The van der Waals surface area contributed by atoms with Crippen LogP contribution < -0.4 is 4.90 Å². The summed E-state index contributed by atoms with van der Waals surface area (Å²) in [6.07, 6.45) is 0.993. The summed E-state index contributed by atoms with van der Waals surface area (Å²) in [5, 5.41) is 0. The number of carbonyl (C=O) groups excluding carboxylic acids is 2. The molecule has 1 rings (SSSR count). The van der Waals surface area contributed by atoms with E-state index in [9.17, 15) is 14.2 Å². The van der Waals surface area contributed by atoms with Gasteiger partial charge in [0, 0.05) is 24.6 Å². The highest BCUT2D eigenvalue weighted by molar-refractivity contribution is 7.50. The summed E-state index contributed by atoms with van der Waals surface area (Å²) in [5.41, 5.74) is 0.171. The molecule has 1 heterocycles. The molecule has 7 nitrogen and oxygen atoms in total. The van der Waals surface area contributed by atoms with E-state index in [4.69, 9.17) is 9.79 Å². The topological polar surface area (TPSA) is 108 Å². The molecule has 0 saturated carbocycles. The molecule has 0 aliphatic heterocycles. The first kappa shape index (κ1) is 16.5. The highest BCUT2D eigenvalue weighted by Gasteiger charge is 2.26. The number of anilines is 1. The average molecular weight is 300 g/mol. The second-order valence-electron chi connectivity index (χ2n) is 4.14. The van der Waals surface area contributed by atoms with Crippen molar-refractivity contribution in [1.29, 1.82) is 0 Å². The molecule has 0 spiro atoms. The number of imide groups is 1. The summed E-state index contributed by atoms with van der Waals surface area (Å²) in [4.78, 5) is 46.8. The lowest BCUT2D eigenvalue weighted by Gasteiger charge is -2.21. The van der Waals surface area contributed by atoms with Crippen molar-refractivity contribution in [3.8, 4) is 0 Å². The van der Waals surface area contributed by atoms with Crippen molar-refractivity contribution >= 4 is 25.2 Å². The second kappa shape index (κ2) is 6.74. The molecule has 1 aromatic heterocycles. The van der Waals surface area contributed by atoms with Gasteiger partial charge in [-0.05, 0) is 6.07 Å². The van der Waals surface area contributed by atoms with Crippen molar-refractivity contribution in [3.63, 3.8) is 0 Å². The van der Waals surface area contributed by atoms with Crippen molar-refractivity contribution in [2.75, 3.05) is 4.90 Å². The Bertz CT molecular complexity index is 539. The summed E-state index contributed by atoms with van der Waals surface area (Å²) in [6, 6.07) is 2.94. The van der Waals surface area contributed by atoms with E-state index in [0.29, 0.717) is 0 Å². The van der Waals surface area contributed by atoms with Gasteiger partial charge < -0.3 is 9.79 Å². The molecule has 0 aliphatic carbocycles. The monoisotopic (exact) mass is 300 g/mol. The van der Waals surface area contributed by atoms with Gasteiger partial charge in [-0.1, -0.05) is 19.9 Å². The van der Waals surface area contributed by atoms with Crippen molar-refractivity contribution < 1.29 is 23.9 Å². The SMILES string of the molecule is CCC(=O)N(C(=O)CC)c1ncccc1CP(=O)(O)O. The molecular weight excluding hydrogens is 283 g/mol. The number of hydrogen-bond acceptors (Lipinski definition) is 4. The minimum Gasteiger partial charge on any atom is -0.324 e. The lowest BCUT2D eigenvalue weighted by molar-refractivity contribution is -0.126. The number of hydrogen-bond donors (Lipinski definition) is 2. The van der Waals surface area contributed by atoms with Crippen LogP contribution in [0, 0.1) is 0 Å². The Morgan fingerprint density at radius 2 is 1.80 bits per heavy atom. The molecule has 0 aliphatic rings.